The Bertz CT molecular complexity index is 1200. The zero-order chi connectivity index (χ0) is 27.7. The predicted molar refractivity (Wildman–Crippen MR) is 163 cm³/mol. The molecular formula is C24H40N2O5S4Si2. The number of nitrogens with zero attached hydrogens (tertiary/aromatic N) is 2. The molecule has 0 bridgehead atoms. The first kappa shape index (κ1) is 32.2. The Morgan fingerprint density at radius 1 is 0.649 bits per heavy atom. The Balaban J connectivity index is 1.84. The number of sulfonamides is 2. The van der Waals surface area contributed by atoms with Gasteiger partial charge in [-0.1, -0.05) is 57.8 Å². The smallest absolute Gasteiger partial charge is 0.287 e. The van der Waals surface area contributed by atoms with E-state index < -0.39 is 58.1 Å². The SMILES string of the molecule is C/S(CCC[Si](C)(C)O[Si](C)(C)CCC/S(C)=N/S(=O)(=O)c1ccccc1)=N\S(=O)(=O)c1ccccc1. The molecule has 2 rings (SSSR count). The Labute approximate surface area is 231 Å². The second-order valence-corrected chi connectivity index (χ2v) is 26.3. The highest BCUT2D eigenvalue weighted by molar-refractivity contribution is 8.00. The molecule has 0 saturated carbocycles. The molecule has 0 amide bonds. The maximum absolute atomic E-state index is 12.5. The minimum absolute atomic E-state index is 0.237. The van der Waals surface area contributed by atoms with Gasteiger partial charge in [-0.05, 0) is 87.9 Å². The first-order chi connectivity index (χ1) is 17.1. The summed E-state index contributed by atoms with van der Waals surface area (Å²) in [5.74, 6) is 1.45. The normalized spacial score (nSPS) is 15.1. The van der Waals surface area contributed by atoms with Gasteiger partial charge in [-0.15, -0.1) is 7.54 Å². The lowest BCUT2D eigenvalue weighted by Crippen LogP contribution is -2.44. The molecule has 2 aromatic rings. The minimum Gasteiger partial charge on any atom is -0.455 e. The first-order valence-corrected chi connectivity index (χ1v) is 24.8. The van der Waals surface area contributed by atoms with Crippen molar-refractivity contribution in [2.24, 2.45) is 7.54 Å². The second kappa shape index (κ2) is 13.9. The van der Waals surface area contributed by atoms with Crippen LogP contribution in [0.2, 0.25) is 38.3 Å². The van der Waals surface area contributed by atoms with Gasteiger partial charge in [-0.25, -0.2) is 0 Å². The van der Waals surface area contributed by atoms with Crippen LogP contribution in [0.4, 0.5) is 0 Å². The molecule has 0 aliphatic rings. The van der Waals surface area contributed by atoms with Crippen molar-refractivity contribution in [3.63, 3.8) is 0 Å². The molecule has 0 saturated heterocycles. The van der Waals surface area contributed by atoms with Crippen LogP contribution in [0.5, 0.6) is 0 Å². The van der Waals surface area contributed by atoms with Crippen LogP contribution in [0.1, 0.15) is 12.8 Å². The van der Waals surface area contributed by atoms with Crippen LogP contribution in [-0.2, 0) is 45.5 Å². The van der Waals surface area contributed by atoms with Crippen LogP contribution in [-0.4, -0.2) is 57.5 Å². The van der Waals surface area contributed by atoms with Crippen LogP contribution >= 0.6 is 0 Å². The molecule has 37 heavy (non-hydrogen) atoms. The standard InChI is InChI=1S/C24H40N2O5S4Si2/c1-32(25-34(27,28)23-15-9-7-10-16-23)19-13-21-36(3,4)31-37(5,6)22-14-20-33(2)26-35(29,30)24-17-11-8-12-18-24/h7-12,15-18H,13-14,19-22H2,1-6H3. The summed E-state index contributed by atoms with van der Waals surface area (Å²) >= 11 is 0. The lowest BCUT2D eigenvalue weighted by Gasteiger charge is -2.34. The van der Waals surface area contributed by atoms with Gasteiger partial charge in [0.2, 0.25) is 0 Å². The van der Waals surface area contributed by atoms with Gasteiger partial charge >= 0.3 is 0 Å². The van der Waals surface area contributed by atoms with Crippen molar-refractivity contribution in [2.75, 3.05) is 24.0 Å². The van der Waals surface area contributed by atoms with E-state index in [9.17, 15) is 16.8 Å². The summed E-state index contributed by atoms with van der Waals surface area (Å²) in [5.41, 5.74) is 0. The summed E-state index contributed by atoms with van der Waals surface area (Å²) in [6, 6.07) is 18.6. The van der Waals surface area contributed by atoms with Crippen molar-refractivity contribution in [2.45, 2.75) is 60.9 Å². The molecular weight excluding hydrogens is 581 g/mol. The highest BCUT2D eigenvalue weighted by Crippen LogP contribution is 2.24. The highest BCUT2D eigenvalue weighted by atomic mass is 32.3. The third-order valence-electron chi connectivity index (χ3n) is 5.52. The average molecular weight is 621 g/mol. The van der Waals surface area contributed by atoms with E-state index in [1.165, 1.54) is 0 Å². The van der Waals surface area contributed by atoms with E-state index in [0.29, 0.717) is 0 Å². The lowest BCUT2D eigenvalue weighted by molar-refractivity contribution is 0.534. The zero-order valence-electron chi connectivity index (χ0n) is 22.6. The Morgan fingerprint density at radius 2 is 0.973 bits per heavy atom. The van der Waals surface area contributed by atoms with Crippen LogP contribution in [0, 0.1) is 0 Å². The summed E-state index contributed by atoms with van der Waals surface area (Å²) in [5, 5.41) is 0. The Morgan fingerprint density at radius 3 is 1.30 bits per heavy atom. The quantitative estimate of drug-likeness (QED) is 0.247. The van der Waals surface area contributed by atoms with Gasteiger partial charge in [0, 0.05) is 11.5 Å². The van der Waals surface area contributed by atoms with Crippen LogP contribution < -0.4 is 0 Å². The van der Waals surface area contributed by atoms with Gasteiger partial charge in [0.1, 0.15) is 0 Å². The Hall–Kier alpha value is -0.966. The molecule has 0 spiro atoms. The molecule has 7 nitrogen and oxygen atoms in total. The van der Waals surface area contributed by atoms with E-state index in [0.717, 1.165) is 36.4 Å². The minimum atomic E-state index is -3.62. The highest BCUT2D eigenvalue weighted by Gasteiger charge is 2.32. The van der Waals surface area contributed by atoms with E-state index in [2.05, 4.69) is 33.7 Å². The van der Waals surface area contributed by atoms with Gasteiger partial charge in [-0.2, -0.15) is 16.8 Å². The van der Waals surface area contributed by atoms with E-state index >= 15 is 0 Å². The number of hydrogen-bond donors (Lipinski definition) is 0. The summed E-state index contributed by atoms with van der Waals surface area (Å²) in [6.45, 7) is 8.89. The molecule has 13 heteroatoms. The maximum atomic E-state index is 12.5. The number of hydrogen-bond acceptors (Lipinski definition) is 5. The van der Waals surface area contributed by atoms with Crippen LogP contribution in [0.25, 0.3) is 0 Å². The van der Waals surface area contributed by atoms with Crippen molar-refractivity contribution < 1.29 is 21.0 Å². The molecule has 0 N–H and O–H groups in total. The van der Waals surface area contributed by atoms with Crippen LogP contribution in [0.3, 0.4) is 0 Å². The molecule has 2 unspecified atom stereocenters. The number of benzene rings is 2. The lowest BCUT2D eigenvalue weighted by atomic mass is 10.4. The fraction of sp³-hybridized carbons (Fsp3) is 0.500. The van der Waals surface area contributed by atoms with Gasteiger partial charge in [0.25, 0.3) is 20.0 Å². The van der Waals surface area contributed by atoms with E-state index in [1.807, 2.05) is 12.5 Å². The molecule has 208 valence electrons. The molecule has 0 aromatic heterocycles. The molecule has 0 radical (unpaired) electrons. The van der Waals surface area contributed by atoms with Gasteiger partial charge in [0.15, 0.2) is 16.6 Å². The first-order valence-electron chi connectivity index (χ1n) is 12.1. The van der Waals surface area contributed by atoms with Crippen molar-refractivity contribution >= 4 is 58.1 Å². The van der Waals surface area contributed by atoms with Gasteiger partial charge < -0.3 is 4.12 Å². The van der Waals surface area contributed by atoms with E-state index in [1.54, 1.807) is 60.7 Å². The third kappa shape index (κ3) is 11.8. The third-order valence-corrected chi connectivity index (χ3v) is 20.2. The summed E-state index contributed by atoms with van der Waals surface area (Å²) in [6.07, 6.45) is 5.51. The fourth-order valence-corrected chi connectivity index (χ4v) is 19.4. The van der Waals surface area contributed by atoms with Crippen molar-refractivity contribution in [1.29, 1.82) is 0 Å². The van der Waals surface area contributed by atoms with Crippen molar-refractivity contribution in [3.05, 3.63) is 60.7 Å². The zero-order valence-corrected chi connectivity index (χ0v) is 27.9. The van der Waals surface area contributed by atoms with Crippen LogP contribution in [0.15, 0.2) is 78.0 Å². The summed E-state index contributed by atoms with van der Waals surface area (Å²) in [4.78, 5) is 0.473. The molecule has 0 aliphatic carbocycles. The van der Waals surface area contributed by atoms with Crippen molar-refractivity contribution in [3.8, 4) is 0 Å². The van der Waals surface area contributed by atoms with Crippen molar-refractivity contribution in [1.82, 2.24) is 0 Å². The predicted octanol–water partition coefficient (Wildman–Crippen LogP) is 5.83. The molecule has 0 aliphatic heterocycles. The number of rotatable bonds is 14. The maximum Gasteiger partial charge on any atom is 0.287 e. The monoisotopic (exact) mass is 620 g/mol. The van der Waals surface area contributed by atoms with E-state index in [-0.39, 0.29) is 9.79 Å². The fourth-order valence-electron chi connectivity index (χ4n) is 3.94. The summed E-state index contributed by atoms with van der Waals surface area (Å²) in [7, 11) is -12.2. The summed E-state index contributed by atoms with van der Waals surface area (Å²) < 4.78 is 64.8. The molecule has 2 atom stereocenters. The van der Waals surface area contributed by atoms with Gasteiger partial charge in [0.05, 0.1) is 9.79 Å². The Kier molecular flexibility index (Phi) is 12.1. The molecule has 2 aromatic carbocycles. The molecule has 0 fully saturated rings. The second-order valence-electron chi connectivity index (χ2n) is 10.2. The average Bonchev–Trinajstić information content (AvgIpc) is 2.78. The largest absolute Gasteiger partial charge is 0.455 e. The molecule has 0 heterocycles. The van der Waals surface area contributed by atoms with Gasteiger partial charge in [-0.3, -0.25) is 0 Å². The topological polar surface area (TPSA) is 102 Å². The van der Waals surface area contributed by atoms with E-state index in [4.69, 9.17) is 4.12 Å².